The van der Waals surface area contributed by atoms with Gasteiger partial charge in [0, 0.05) is 62.2 Å². The number of pyridine rings is 1. The first-order valence-electron chi connectivity index (χ1n) is 9.25. The van der Waals surface area contributed by atoms with Crippen molar-refractivity contribution in [3.8, 4) is 0 Å². The molecule has 3 heterocycles. The van der Waals surface area contributed by atoms with Gasteiger partial charge in [0.05, 0.1) is 0 Å². The zero-order valence-corrected chi connectivity index (χ0v) is 15.4. The Morgan fingerprint density at radius 2 is 2.14 bits per heavy atom. The second-order valence-corrected chi connectivity index (χ2v) is 6.92. The summed E-state index contributed by atoms with van der Waals surface area (Å²) in [6.45, 7) is 2.85. The Morgan fingerprint density at radius 1 is 1.21 bits per heavy atom. The quantitative estimate of drug-likeness (QED) is 0.716. The van der Waals surface area contributed by atoms with Crippen molar-refractivity contribution < 1.29 is 9.18 Å². The van der Waals surface area contributed by atoms with E-state index in [1.807, 2.05) is 18.3 Å². The Bertz CT molecular complexity index is 943. The number of carbonyl (C=O) groups is 1. The second kappa shape index (κ2) is 8.22. The van der Waals surface area contributed by atoms with Crippen LogP contribution in [0, 0.1) is 5.82 Å². The maximum absolute atomic E-state index is 13.3. The molecule has 2 N–H and O–H groups in total. The van der Waals surface area contributed by atoms with E-state index in [1.54, 1.807) is 18.3 Å². The minimum atomic E-state index is -0.382. The van der Waals surface area contributed by atoms with Gasteiger partial charge in [0.1, 0.15) is 5.82 Å². The van der Waals surface area contributed by atoms with E-state index in [-0.39, 0.29) is 17.9 Å². The second-order valence-electron chi connectivity index (χ2n) is 6.92. The van der Waals surface area contributed by atoms with Crippen LogP contribution in [0.1, 0.15) is 11.3 Å². The van der Waals surface area contributed by atoms with Gasteiger partial charge in [-0.25, -0.2) is 9.18 Å². The molecule has 7 heteroatoms. The molecule has 2 amide bonds. The van der Waals surface area contributed by atoms with Crippen LogP contribution < -0.4 is 10.6 Å². The maximum Gasteiger partial charge on any atom is 0.319 e. The number of nitrogens with zero attached hydrogens (tertiary/aromatic N) is 3. The van der Waals surface area contributed by atoms with E-state index >= 15 is 0 Å². The van der Waals surface area contributed by atoms with Crippen molar-refractivity contribution in [2.24, 2.45) is 0 Å². The van der Waals surface area contributed by atoms with Gasteiger partial charge in [-0.2, -0.15) is 0 Å². The summed E-state index contributed by atoms with van der Waals surface area (Å²) >= 11 is 0. The summed E-state index contributed by atoms with van der Waals surface area (Å²) in [7, 11) is 0. The minimum absolute atomic E-state index is 0.137. The molecule has 0 saturated carbocycles. The fraction of sp³-hybridized carbons (Fsp3) is 0.238. The zero-order valence-electron chi connectivity index (χ0n) is 15.4. The Labute approximate surface area is 163 Å². The third kappa shape index (κ3) is 4.37. The van der Waals surface area contributed by atoms with E-state index in [2.05, 4.69) is 43.4 Å². The van der Waals surface area contributed by atoms with Gasteiger partial charge in [0.2, 0.25) is 0 Å². The summed E-state index contributed by atoms with van der Waals surface area (Å²) in [5.41, 5.74) is 2.82. The van der Waals surface area contributed by atoms with Crippen molar-refractivity contribution in [2.75, 3.05) is 11.9 Å². The number of halogens is 1. The summed E-state index contributed by atoms with van der Waals surface area (Å²) in [5, 5.41) is 5.59. The van der Waals surface area contributed by atoms with Gasteiger partial charge in [0.15, 0.2) is 0 Å². The molecule has 0 spiro atoms. The van der Waals surface area contributed by atoms with Crippen LogP contribution in [0.5, 0.6) is 0 Å². The fourth-order valence-electron chi connectivity index (χ4n) is 3.51. The van der Waals surface area contributed by atoms with Crippen molar-refractivity contribution in [3.63, 3.8) is 0 Å². The molecular formula is C21H22FN5O. The molecular weight excluding hydrogens is 357 g/mol. The third-order valence-electron chi connectivity index (χ3n) is 4.90. The van der Waals surface area contributed by atoms with Crippen molar-refractivity contribution in [3.05, 3.63) is 84.2 Å². The summed E-state index contributed by atoms with van der Waals surface area (Å²) in [5.74, 6) is -0.382. The van der Waals surface area contributed by atoms with Crippen LogP contribution in [0.25, 0.3) is 0 Å². The van der Waals surface area contributed by atoms with E-state index in [0.29, 0.717) is 12.2 Å². The molecule has 1 aliphatic heterocycles. The van der Waals surface area contributed by atoms with Crippen LogP contribution in [0.3, 0.4) is 0 Å². The van der Waals surface area contributed by atoms with Crippen molar-refractivity contribution in [2.45, 2.75) is 25.7 Å². The lowest BCUT2D eigenvalue weighted by atomic mass is 10.1. The summed E-state index contributed by atoms with van der Waals surface area (Å²) in [6, 6.07) is 13.8. The van der Waals surface area contributed by atoms with Crippen LogP contribution in [0.4, 0.5) is 14.9 Å². The van der Waals surface area contributed by atoms with Gasteiger partial charge in [-0.05, 0) is 42.0 Å². The fourth-order valence-corrected chi connectivity index (χ4v) is 3.51. The van der Waals surface area contributed by atoms with E-state index in [1.165, 1.54) is 17.8 Å². The number of carbonyl (C=O) groups excluding carboxylic acids is 1. The Hall–Kier alpha value is -3.19. The molecule has 2 aromatic heterocycles. The highest BCUT2D eigenvalue weighted by Gasteiger charge is 2.26. The van der Waals surface area contributed by atoms with E-state index in [9.17, 15) is 9.18 Å². The molecule has 0 saturated heterocycles. The third-order valence-corrected chi connectivity index (χ3v) is 4.90. The highest BCUT2D eigenvalue weighted by molar-refractivity contribution is 5.89. The molecule has 144 valence electrons. The number of hydrogen-bond acceptors (Lipinski definition) is 3. The first-order chi connectivity index (χ1) is 13.7. The van der Waals surface area contributed by atoms with Gasteiger partial charge < -0.3 is 15.2 Å². The number of nitrogens with one attached hydrogen (secondary N) is 2. The molecule has 0 fully saturated rings. The number of anilines is 1. The molecule has 0 radical (unpaired) electrons. The van der Waals surface area contributed by atoms with E-state index in [4.69, 9.17) is 0 Å². The molecule has 1 aliphatic rings. The van der Waals surface area contributed by atoms with Crippen molar-refractivity contribution in [1.29, 1.82) is 0 Å². The van der Waals surface area contributed by atoms with Crippen LogP contribution in [-0.2, 0) is 19.6 Å². The van der Waals surface area contributed by atoms with Crippen LogP contribution in [0.2, 0.25) is 0 Å². The zero-order chi connectivity index (χ0) is 19.3. The number of urea groups is 1. The molecule has 6 nitrogen and oxygen atoms in total. The SMILES string of the molecule is O=C(NCC1Cn2cccc2CN1Cc1cccnc1)Nc1cccc(F)c1. The minimum Gasteiger partial charge on any atom is -0.349 e. The van der Waals surface area contributed by atoms with Crippen LogP contribution >= 0.6 is 0 Å². The summed E-state index contributed by atoms with van der Waals surface area (Å²) in [4.78, 5) is 18.8. The van der Waals surface area contributed by atoms with Crippen LogP contribution in [0.15, 0.2) is 67.1 Å². The summed E-state index contributed by atoms with van der Waals surface area (Å²) < 4.78 is 15.5. The highest BCUT2D eigenvalue weighted by atomic mass is 19.1. The first-order valence-corrected chi connectivity index (χ1v) is 9.25. The molecule has 1 aromatic carbocycles. The molecule has 1 unspecified atom stereocenters. The van der Waals surface area contributed by atoms with Crippen LogP contribution in [-0.4, -0.2) is 33.1 Å². The predicted molar refractivity (Wildman–Crippen MR) is 105 cm³/mol. The lowest BCUT2D eigenvalue weighted by Gasteiger charge is -2.37. The number of rotatable bonds is 5. The number of hydrogen-bond donors (Lipinski definition) is 2. The molecule has 0 aliphatic carbocycles. The molecule has 1 atom stereocenters. The predicted octanol–water partition coefficient (Wildman–Crippen LogP) is 3.23. The van der Waals surface area contributed by atoms with Gasteiger partial charge in [-0.1, -0.05) is 12.1 Å². The normalized spacial score (nSPS) is 16.4. The molecule has 28 heavy (non-hydrogen) atoms. The topological polar surface area (TPSA) is 62.2 Å². The lowest BCUT2D eigenvalue weighted by Crippen LogP contribution is -2.49. The van der Waals surface area contributed by atoms with Gasteiger partial charge in [-0.3, -0.25) is 9.88 Å². The maximum atomic E-state index is 13.3. The van der Waals surface area contributed by atoms with E-state index < -0.39 is 0 Å². The molecule has 3 aromatic rings. The Morgan fingerprint density at radius 3 is 2.96 bits per heavy atom. The molecule has 0 bridgehead atoms. The van der Waals surface area contributed by atoms with Crippen molar-refractivity contribution in [1.82, 2.24) is 19.8 Å². The largest absolute Gasteiger partial charge is 0.349 e. The number of aromatic nitrogens is 2. The number of fused-ring (bicyclic) bond motifs is 1. The average molecular weight is 379 g/mol. The highest BCUT2D eigenvalue weighted by Crippen LogP contribution is 2.20. The van der Waals surface area contributed by atoms with Crippen molar-refractivity contribution >= 4 is 11.7 Å². The lowest BCUT2D eigenvalue weighted by molar-refractivity contribution is 0.130. The number of benzene rings is 1. The van der Waals surface area contributed by atoms with Gasteiger partial charge in [0.25, 0.3) is 0 Å². The Kier molecular flexibility index (Phi) is 5.34. The van der Waals surface area contributed by atoms with Gasteiger partial charge >= 0.3 is 6.03 Å². The number of amides is 2. The van der Waals surface area contributed by atoms with Gasteiger partial charge in [-0.15, -0.1) is 0 Å². The smallest absolute Gasteiger partial charge is 0.319 e. The Balaban J connectivity index is 1.41. The van der Waals surface area contributed by atoms with E-state index in [0.717, 1.165) is 25.2 Å². The molecule has 4 rings (SSSR count). The first kappa shape index (κ1) is 18.2. The average Bonchev–Trinajstić information content (AvgIpc) is 3.14. The standard InChI is InChI=1S/C21H22FN5O/c22-17-5-1-6-18(10-17)25-21(28)24-12-20-15-26-9-3-7-19(26)14-27(20)13-16-4-2-8-23-11-16/h1-11,20H,12-15H2,(H2,24,25,28). The summed E-state index contributed by atoms with van der Waals surface area (Å²) in [6.07, 6.45) is 5.70. The monoisotopic (exact) mass is 379 g/mol.